The Bertz CT molecular complexity index is 711. The summed E-state index contributed by atoms with van der Waals surface area (Å²) in [6.45, 7) is 2.27. The summed E-state index contributed by atoms with van der Waals surface area (Å²) in [6, 6.07) is 5.91. The van der Waals surface area contributed by atoms with Crippen LogP contribution in [0.25, 0.3) is 0 Å². The first-order valence-corrected chi connectivity index (χ1v) is 9.38. The maximum Gasteiger partial charge on any atom is 0.332 e. The Hall–Kier alpha value is -1.97. The van der Waals surface area contributed by atoms with Crippen molar-refractivity contribution in [3.05, 3.63) is 24.3 Å². The molecular formula is C16H22N2O6S. The molecule has 1 aliphatic rings. The minimum absolute atomic E-state index is 0.187. The summed E-state index contributed by atoms with van der Waals surface area (Å²) in [6.07, 6.45) is 0.746. The van der Waals surface area contributed by atoms with Gasteiger partial charge < -0.3 is 14.8 Å². The molecule has 1 fully saturated rings. The predicted molar refractivity (Wildman–Crippen MR) is 90.5 cm³/mol. The van der Waals surface area contributed by atoms with Gasteiger partial charge in [0.25, 0.3) is 5.91 Å². The highest BCUT2D eigenvalue weighted by atomic mass is 32.2. The first kappa shape index (κ1) is 19.4. The van der Waals surface area contributed by atoms with Crippen molar-refractivity contribution in [3.63, 3.8) is 0 Å². The van der Waals surface area contributed by atoms with E-state index in [1.807, 2.05) is 0 Å². The molecule has 1 saturated heterocycles. The van der Waals surface area contributed by atoms with Gasteiger partial charge >= 0.3 is 5.97 Å². The third-order valence-corrected chi connectivity index (χ3v) is 5.68. The third kappa shape index (κ3) is 5.00. The van der Waals surface area contributed by atoms with Crippen LogP contribution in [0.1, 0.15) is 19.8 Å². The van der Waals surface area contributed by atoms with E-state index in [1.165, 1.54) is 42.6 Å². The number of nitrogens with zero attached hydrogens (tertiary/aromatic N) is 1. The number of esters is 1. The standard InChI is InChI=1S/C16H22N2O6S/c1-12(24-15(19)11-23-2)16(20)17-13-5-7-14(8-6-13)25(21,22)18-9-3-4-10-18/h5-8,12H,3-4,9-11H2,1-2H3,(H,17,20)/t12-/m1/s1. The van der Waals surface area contributed by atoms with Crippen molar-refractivity contribution in [1.82, 2.24) is 4.31 Å². The van der Waals surface area contributed by atoms with E-state index < -0.39 is 28.0 Å². The summed E-state index contributed by atoms with van der Waals surface area (Å²) < 4.78 is 35.8. The first-order valence-electron chi connectivity index (χ1n) is 7.94. The number of carbonyl (C=O) groups excluding carboxylic acids is 2. The predicted octanol–water partition coefficient (Wildman–Crippen LogP) is 0.988. The Labute approximate surface area is 147 Å². The van der Waals surface area contributed by atoms with Crippen molar-refractivity contribution in [2.45, 2.75) is 30.8 Å². The Morgan fingerprint density at radius 1 is 1.20 bits per heavy atom. The molecule has 1 aromatic carbocycles. The molecule has 0 aliphatic carbocycles. The highest BCUT2D eigenvalue weighted by Gasteiger charge is 2.27. The monoisotopic (exact) mass is 370 g/mol. The van der Waals surface area contributed by atoms with Gasteiger partial charge in [0.1, 0.15) is 6.61 Å². The smallest absolute Gasteiger partial charge is 0.332 e. The van der Waals surface area contributed by atoms with Crippen LogP contribution in [-0.2, 0) is 29.1 Å². The van der Waals surface area contributed by atoms with Crippen LogP contribution < -0.4 is 5.32 Å². The highest BCUT2D eigenvalue weighted by molar-refractivity contribution is 7.89. The molecule has 0 radical (unpaired) electrons. The number of benzene rings is 1. The molecule has 0 spiro atoms. The Morgan fingerprint density at radius 2 is 1.80 bits per heavy atom. The zero-order valence-corrected chi connectivity index (χ0v) is 15.0. The molecule has 9 heteroatoms. The Morgan fingerprint density at radius 3 is 2.36 bits per heavy atom. The summed E-state index contributed by atoms with van der Waals surface area (Å²) in [5.41, 5.74) is 0.417. The number of methoxy groups -OCH3 is 1. The lowest BCUT2D eigenvalue weighted by atomic mass is 10.3. The summed E-state index contributed by atoms with van der Waals surface area (Å²) >= 11 is 0. The summed E-state index contributed by atoms with van der Waals surface area (Å²) in [5.74, 6) is -1.16. The molecule has 1 aromatic rings. The zero-order chi connectivity index (χ0) is 18.4. The molecule has 1 amide bonds. The quantitative estimate of drug-likeness (QED) is 0.718. The topological polar surface area (TPSA) is 102 Å². The van der Waals surface area contributed by atoms with Crippen molar-refractivity contribution in [2.24, 2.45) is 0 Å². The molecule has 8 nitrogen and oxygen atoms in total. The van der Waals surface area contributed by atoms with Gasteiger partial charge in [0, 0.05) is 25.9 Å². The Kier molecular flexibility index (Phi) is 6.51. The molecule has 1 aliphatic heterocycles. The van der Waals surface area contributed by atoms with Gasteiger partial charge in [-0.3, -0.25) is 4.79 Å². The number of carbonyl (C=O) groups is 2. The number of rotatable bonds is 7. The molecule has 0 aromatic heterocycles. The van der Waals surface area contributed by atoms with Crippen molar-refractivity contribution in [3.8, 4) is 0 Å². The summed E-state index contributed by atoms with van der Waals surface area (Å²) in [5, 5.41) is 2.57. The van der Waals surface area contributed by atoms with Gasteiger partial charge in [-0.2, -0.15) is 4.31 Å². The number of nitrogens with one attached hydrogen (secondary N) is 1. The minimum Gasteiger partial charge on any atom is -0.451 e. The Balaban J connectivity index is 1.98. The van der Waals surface area contributed by atoms with Crippen LogP contribution in [0.15, 0.2) is 29.2 Å². The molecule has 2 rings (SSSR count). The van der Waals surface area contributed by atoms with E-state index in [0.29, 0.717) is 18.8 Å². The fourth-order valence-corrected chi connectivity index (χ4v) is 3.95. The normalized spacial score (nSPS) is 16.4. The first-order chi connectivity index (χ1) is 11.8. The van der Waals surface area contributed by atoms with Gasteiger partial charge in [-0.25, -0.2) is 13.2 Å². The second-order valence-corrected chi connectivity index (χ2v) is 7.63. The van der Waals surface area contributed by atoms with Gasteiger partial charge in [0.15, 0.2) is 6.10 Å². The molecule has 25 heavy (non-hydrogen) atoms. The van der Waals surface area contributed by atoms with Crippen molar-refractivity contribution in [1.29, 1.82) is 0 Å². The lowest BCUT2D eigenvalue weighted by Crippen LogP contribution is -2.31. The molecule has 1 heterocycles. The third-order valence-electron chi connectivity index (χ3n) is 3.76. The van der Waals surface area contributed by atoms with Crippen LogP contribution in [0.2, 0.25) is 0 Å². The van der Waals surface area contributed by atoms with Crippen LogP contribution in [-0.4, -0.2) is 57.5 Å². The number of anilines is 1. The van der Waals surface area contributed by atoms with E-state index in [1.54, 1.807) is 0 Å². The average molecular weight is 370 g/mol. The maximum absolute atomic E-state index is 12.4. The van der Waals surface area contributed by atoms with Crippen LogP contribution >= 0.6 is 0 Å². The largest absolute Gasteiger partial charge is 0.451 e. The fourth-order valence-electron chi connectivity index (χ4n) is 2.43. The van der Waals surface area contributed by atoms with Gasteiger partial charge in [-0.15, -0.1) is 0 Å². The van der Waals surface area contributed by atoms with Crippen LogP contribution in [0, 0.1) is 0 Å². The van der Waals surface area contributed by atoms with Gasteiger partial charge in [-0.05, 0) is 44.0 Å². The van der Waals surface area contributed by atoms with E-state index in [4.69, 9.17) is 4.74 Å². The summed E-state index contributed by atoms with van der Waals surface area (Å²) in [4.78, 5) is 23.5. The molecule has 0 saturated carbocycles. The van der Waals surface area contributed by atoms with Crippen molar-refractivity contribution >= 4 is 27.6 Å². The molecular weight excluding hydrogens is 348 g/mol. The number of amides is 1. The molecule has 0 bridgehead atoms. The lowest BCUT2D eigenvalue weighted by molar-refractivity contribution is -0.156. The summed E-state index contributed by atoms with van der Waals surface area (Å²) in [7, 11) is -2.13. The lowest BCUT2D eigenvalue weighted by Gasteiger charge is -2.16. The second-order valence-electron chi connectivity index (χ2n) is 5.69. The van der Waals surface area contributed by atoms with Gasteiger partial charge in [0.05, 0.1) is 4.90 Å². The average Bonchev–Trinajstić information content (AvgIpc) is 3.10. The fraction of sp³-hybridized carbons (Fsp3) is 0.500. The van der Waals surface area contributed by atoms with E-state index in [-0.39, 0.29) is 11.5 Å². The van der Waals surface area contributed by atoms with Crippen LogP contribution in [0.3, 0.4) is 0 Å². The molecule has 1 N–H and O–H groups in total. The van der Waals surface area contributed by atoms with E-state index in [9.17, 15) is 18.0 Å². The SMILES string of the molecule is COCC(=O)O[C@H](C)C(=O)Nc1ccc(S(=O)(=O)N2CCCC2)cc1. The van der Waals surface area contributed by atoms with Crippen LogP contribution in [0.5, 0.6) is 0 Å². The zero-order valence-electron chi connectivity index (χ0n) is 14.2. The van der Waals surface area contributed by atoms with Crippen LogP contribution in [0.4, 0.5) is 5.69 Å². The number of sulfonamides is 1. The maximum atomic E-state index is 12.4. The van der Waals surface area contributed by atoms with E-state index in [0.717, 1.165) is 12.8 Å². The minimum atomic E-state index is -3.49. The van der Waals surface area contributed by atoms with Crippen molar-refractivity contribution < 1.29 is 27.5 Å². The number of ether oxygens (including phenoxy) is 2. The molecule has 0 unspecified atom stereocenters. The number of hydrogen-bond acceptors (Lipinski definition) is 6. The van der Waals surface area contributed by atoms with Gasteiger partial charge in [0.2, 0.25) is 10.0 Å². The molecule has 1 atom stereocenters. The van der Waals surface area contributed by atoms with Gasteiger partial charge in [-0.1, -0.05) is 0 Å². The number of hydrogen-bond donors (Lipinski definition) is 1. The van der Waals surface area contributed by atoms with E-state index >= 15 is 0 Å². The molecule has 138 valence electrons. The van der Waals surface area contributed by atoms with E-state index in [2.05, 4.69) is 10.1 Å². The highest BCUT2D eigenvalue weighted by Crippen LogP contribution is 2.22. The second kappa shape index (κ2) is 8.41. The van der Waals surface area contributed by atoms with Crippen molar-refractivity contribution in [2.75, 3.05) is 32.1 Å².